The molecule has 0 radical (unpaired) electrons. The van der Waals surface area contributed by atoms with Gasteiger partial charge in [-0.2, -0.15) is 5.26 Å². The number of sulfonamides is 3. The van der Waals surface area contributed by atoms with Gasteiger partial charge in [0.2, 0.25) is 30.1 Å². The molecule has 0 aliphatic carbocycles. The summed E-state index contributed by atoms with van der Waals surface area (Å²) in [4.78, 5) is 0.487. The van der Waals surface area contributed by atoms with Gasteiger partial charge in [0.05, 0.1) is 26.3 Å². The van der Waals surface area contributed by atoms with Crippen LogP contribution >= 0.6 is 23.2 Å². The topological polar surface area (TPSA) is 204 Å². The summed E-state index contributed by atoms with van der Waals surface area (Å²) in [5.74, 6) is 0.491. The molecule has 296 valence electrons. The molecule has 0 aromatic heterocycles. The minimum atomic E-state index is -3.77. The van der Waals surface area contributed by atoms with Gasteiger partial charge in [-0.25, -0.2) is 40.7 Å². The molecule has 10 nitrogen and oxygen atoms in total. The van der Waals surface area contributed by atoms with Crippen LogP contribution in [0.1, 0.15) is 158 Å². The second kappa shape index (κ2) is 25.6. The first-order valence-corrected chi connectivity index (χ1v) is 22.2. The second-order valence-electron chi connectivity index (χ2n) is 14.5. The zero-order valence-electron chi connectivity index (χ0n) is 32.0. The van der Waals surface area contributed by atoms with E-state index in [9.17, 15) is 25.3 Å². The standard InChI is InChI=1S/C13H18N2O2S.2C12H18ClNO2S.2K.Na.3H/c1-8(2)11-6-13(18(15,16)17)12(9(3)4)5-10(11)7-14;2*1-7(2)9-6-12(17(14,15)16)10(8(3)4)5-11(9)13;;;;;;/h5-6,8-9H,1-4H3,(H2,15,16,17);2*5-8H,1-4H3,(H2,14,15,16);;;;;;. The van der Waals surface area contributed by atoms with Gasteiger partial charge >= 0.3 is 132 Å². The van der Waals surface area contributed by atoms with E-state index in [1.807, 2.05) is 83.1 Å². The third kappa shape index (κ3) is 18.3. The molecule has 3 rings (SSSR count). The van der Waals surface area contributed by atoms with Gasteiger partial charge in [-0.3, -0.25) is 0 Å². The van der Waals surface area contributed by atoms with E-state index < -0.39 is 30.1 Å². The van der Waals surface area contributed by atoms with Crippen LogP contribution in [0.5, 0.6) is 0 Å². The summed E-state index contributed by atoms with van der Waals surface area (Å²) in [7, 11) is -11.2. The second-order valence-corrected chi connectivity index (χ2v) is 19.9. The number of nitrogens with two attached hydrogens (primary N) is 3. The summed E-state index contributed by atoms with van der Waals surface area (Å²) in [6, 6.07) is 11.9. The van der Waals surface area contributed by atoms with E-state index in [0.717, 1.165) is 11.1 Å². The average Bonchev–Trinajstić information content (AvgIpc) is 2.98. The third-order valence-corrected chi connectivity index (χ3v) is 11.8. The Morgan fingerprint density at radius 1 is 0.455 bits per heavy atom. The molecule has 0 amide bonds. The minimum absolute atomic E-state index is 0. The number of hydrogen-bond donors (Lipinski definition) is 3. The monoisotopic (exact) mass is 920 g/mol. The van der Waals surface area contributed by atoms with Gasteiger partial charge in [-0.15, -0.1) is 0 Å². The fraction of sp³-hybridized carbons (Fsp3) is 0.486. The molecule has 0 unspecified atom stereocenters. The SMILES string of the molecule is CC(C)c1cc(S(N)(=O)=O)c(C(C)C)cc1C#N.CC(C)c1cc(S(N)(=O)=O)c(C(C)C)cc1Cl.CC(C)c1cc(S(N)(=O)=O)c(C(C)C)cc1Cl.[KH].[KH].[NaH]. The van der Waals surface area contributed by atoms with E-state index in [-0.39, 0.29) is 183 Å². The predicted molar refractivity (Wildman–Crippen MR) is 234 cm³/mol. The Labute approximate surface area is 448 Å². The molecule has 0 atom stereocenters. The van der Waals surface area contributed by atoms with Gasteiger partial charge in [0.15, 0.2) is 0 Å². The first kappa shape index (κ1) is 61.0. The molecule has 0 spiro atoms. The van der Waals surface area contributed by atoms with Crippen molar-refractivity contribution in [2.75, 3.05) is 0 Å². The molecule has 0 bridgehead atoms. The summed E-state index contributed by atoms with van der Waals surface area (Å²) >= 11 is 12.3. The van der Waals surface area contributed by atoms with Crippen LogP contribution in [-0.4, -0.2) is 158 Å². The molecule has 3 aromatic rings. The van der Waals surface area contributed by atoms with Crippen LogP contribution in [0.25, 0.3) is 0 Å². The number of rotatable bonds is 9. The van der Waals surface area contributed by atoms with Crippen LogP contribution in [-0.2, 0) is 30.1 Å². The Morgan fingerprint density at radius 3 is 0.873 bits per heavy atom. The fourth-order valence-corrected chi connectivity index (χ4v) is 8.86. The Kier molecular flexibility index (Phi) is 28.4. The van der Waals surface area contributed by atoms with Gasteiger partial charge in [-0.05, 0) is 105 Å². The molecular formula is C37H57Cl2K2N4NaO6S3. The van der Waals surface area contributed by atoms with Crippen LogP contribution in [0, 0.1) is 11.3 Å². The predicted octanol–water partition coefficient (Wildman–Crippen LogP) is 6.98. The number of nitriles is 1. The van der Waals surface area contributed by atoms with E-state index in [1.54, 1.807) is 30.3 Å². The van der Waals surface area contributed by atoms with Gasteiger partial charge in [0.25, 0.3) is 0 Å². The molecule has 3 aromatic carbocycles. The van der Waals surface area contributed by atoms with Crippen LogP contribution in [0.15, 0.2) is 51.1 Å². The quantitative estimate of drug-likeness (QED) is 0.192. The van der Waals surface area contributed by atoms with Gasteiger partial charge in [0.1, 0.15) is 0 Å². The van der Waals surface area contributed by atoms with Crippen LogP contribution in [0.3, 0.4) is 0 Å². The van der Waals surface area contributed by atoms with Gasteiger partial charge in [0, 0.05) is 10.0 Å². The van der Waals surface area contributed by atoms with Crippen molar-refractivity contribution in [3.63, 3.8) is 0 Å². The molecule has 18 heteroatoms. The van der Waals surface area contributed by atoms with Crippen molar-refractivity contribution in [1.82, 2.24) is 0 Å². The van der Waals surface area contributed by atoms with Gasteiger partial charge < -0.3 is 0 Å². The maximum atomic E-state index is 11.6. The number of benzene rings is 3. The fourth-order valence-electron chi connectivity index (χ4n) is 5.33. The van der Waals surface area contributed by atoms with Crippen molar-refractivity contribution >= 4 is 186 Å². The molecule has 0 saturated carbocycles. The average molecular weight is 922 g/mol. The van der Waals surface area contributed by atoms with Crippen molar-refractivity contribution in [3.05, 3.63) is 85.4 Å². The van der Waals surface area contributed by atoms with Crippen molar-refractivity contribution in [2.24, 2.45) is 15.4 Å². The third-order valence-electron chi connectivity index (χ3n) is 8.21. The Morgan fingerprint density at radius 2 is 0.673 bits per heavy atom. The summed E-state index contributed by atoms with van der Waals surface area (Å²) in [5, 5.41) is 26.1. The number of hydrogen-bond acceptors (Lipinski definition) is 7. The van der Waals surface area contributed by atoms with Crippen molar-refractivity contribution in [3.8, 4) is 6.07 Å². The zero-order valence-corrected chi connectivity index (χ0v) is 36.0. The van der Waals surface area contributed by atoms with Crippen molar-refractivity contribution < 1.29 is 25.3 Å². The molecule has 55 heavy (non-hydrogen) atoms. The van der Waals surface area contributed by atoms with Crippen molar-refractivity contribution in [2.45, 2.75) is 133 Å². The Bertz CT molecular complexity index is 2040. The number of nitrogens with zero attached hydrogens (tertiary/aromatic N) is 1. The zero-order chi connectivity index (χ0) is 40.8. The van der Waals surface area contributed by atoms with Crippen LogP contribution < -0.4 is 15.4 Å². The summed E-state index contributed by atoms with van der Waals surface area (Å²) < 4.78 is 69.6. The molecule has 0 fully saturated rings. The number of primary sulfonamides is 3. The summed E-state index contributed by atoms with van der Waals surface area (Å²) in [6.45, 7) is 23.1. The summed E-state index contributed by atoms with van der Waals surface area (Å²) in [5.41, 5.74) is 4.77. The molecule has 0 aliphatic rings. The molecule has 0 saturated heterocycles. The first-order valence-electron chi connectivity index (χ1n) is 16.8. The van der Waals surface area contributed by atoms with Crippen LogP contribution in [0.2, 0.25) is 10.0 Å². The van der Waals surface area contributed by atoms with E-state index >= 15 is 0 Å². The van der Waals surface area contributed by atoms with Crippen LogP contribution in [0.4, 0.5) is 0 Å². The van der Waals surface area contributed by atoms with E-state index in [0.29, 0.717) is 37.9 Å². The molecular weight excluding hydrogens is 865 g/mol. The Balaban J connectivity index is -0.000000718. The van der Waals surface area contributed by atoms with E-state index in [1.165, 1.54) is 6.07 Å². The summed E-state index contributed by atoms with van der Waals surface area (Å²) in [6.07, 6.45) is 0. The Hall–Kier alpha value is 1.73. The van der Waals surface area contributed by atoms with Crippen molar-refractivity contribution in [1.29, 1.82) is 5.26 Å². The van der Waals surface area contributed by atoms with E-state index in [2.05, 4.69) is 6.07 Å². The molecule has 0 heterocycles. The molecule has 6 N–H and O–H groups in total. The van der Waals surface area contributed by atoms with Gasteiger partial charge in [-0.1, -0.05) is 106 Å². The first-order chi connectivity index (χ1) is 23.5. The maximum absolute atomic E-state index is 11.6. The number of halogens is 2. The normalized spacial score (nSPS) is 11.6. The van der Waals surface area contributed by atoms with E-state index in [4.69, 9.17) is 43.9 Å². The molecule has 0 aliphatic heterocycles.